The van der Waals surface area contributed by atoms with Crippen LogP contribution in [0.25, 0.3) is 11.1 Å². The van der Waals surface area contributed by atoms with E-state index >= 15 is 0 Å². The molecule has 5 nitrogen and oxygen atoms in total. The number of rotatable bonds is 2. The summed E-state index contributed by atoms with van der Waals surface area (Å²) in [5, 5.41) is 18.2. The number of non-ortho nitro benzene ring substituents is 1. The third-order valence-corrected chi connectivity index (χ3v) is 2.55. The molecule has 0 radical (unpaired) electrons. The molecule has 0 aliphatic carbocycles. The van der Waals surface area contributed by atoms with Gasteiger partial charge in [-0.25, -0.2) is 0 Å². The van der Waals surface area contributed by atoms with E-state index in [2.05, 4.69) is 10.2 Å². The number of nitro groups is 1. The minimum atomic E-state index is -0.479. The molecule has 0 N–H and O–H groups in total. The first-order chi connectivity index (χ1) is 8.08. The lowest BCUT2D eigenvalue weighted by Crippen LogP contribution is -1.91. The van der Waals surface area contributed by atoms with E-state index in [4.69, 9.17) is 23.2 Å². The van der Waals surface area contributed by atoms with E-state index < -0.39 is 4.92 Å². The fourth-order valence-electron chi connectivity index (χ4n) is 1.34. The molecule has 0 fully saturated rings. The standard InChI is InChI=1S/C10H5Cl2N3O2/c11-9-5-8(10(12)14-13-9)6-2-1-3-7(4-6)15(16)17/h1-5H. The SMILES string of the molecule is O=[N+]([O-])c1cccc(-c2cc(Cl)nnc2Cl)c1. The van der Waals surface area contributed by atoms with Crippen LogP contribution in [0.15, 0.2) is 30.3 Å². The first-order valence-corrected chi connectivity index (χ1v) is 5.27. The van der Waals surface area contributed by atoms with Crippen molar-refractivity contribution >= 4 is 28.9 Å². The molecule has 1 aromatic carbocycles. The summed E-state index contributed by atoms with van der Waals surface area (Å²) < 4.78 is 0. The Hall–Kier alpha value is -1.72. The Kier molecular flexibility index (Phi) is 3.21. The Labute approximate surface area is 106 Å². The Bertz CT molecular complexity index is 590. The molecule has 0 bridgehead atoms. The van der Waals surface area contributed by atoms with Crippen molar-refractivity contribution in [3.05, 3.63) is 50.8 Å². The Morgan fingerprint density at radius 1 is 1.18 bits per heavy atom. The summed E-state index contributed by atoms with van der Waals surface area (Å²) in [4.78, 5) is 10.2. The van der Waals surface area contributed by atoms with Crippen LogP contribution in [-0.4, -0.2) is 15.1 Å². The van der Waals surface area contributed by atoms with Crippen molar-refractivity contribution < 1.29 is 4.92 Å². The lowest BCUT2D eigenvalue weighted by atomic mass is 10.1. The van der Waals surface area contributed by atoms with Crippen molar-refractivity contribution in [1.29, 1.82) is 0 Å². The van der Waals surface area contributed by atoms with Gasteiger partial charge in [-0.1, -0.05) is 35.3 Å². The molecule has 0 atom stereocenters. The number of aromatic nitrogens is 2. The number of halogens is 2. The maximum Gasteiger partial charge on any atom is 0.270 e. The molecule has 1 heterocycles. The molecule has 0 unspecified atom stereocenters. The van der Waals surface area contributed by atoms with Crippen LogP contribution in [0.4, 0.5) is 5.69 Å². The van der Waals surface area contributed by atoms with Crippen LogP contribution < -0.4 is 0 Å². The van der Waals surface area contributed by atoms with Gasteiger partial charge in [0, 0.05) is 17.7 Å². The number of benzene rings is 1. The predicted molar refractivity (Wildman–Crippen MR) is 64.1 cm³/mol. The normalized spacial score (nSPS) is 10.2. The Balaban J connectivity index is 2.56. The highest BCUT2D eigenvalue weighted by Gasteiger charge is 2.11. The minimum absolute atomic E-state index is 0.0218. The first-order valence-electron chi connectivity index (χ1n) is 4.51. The monoisotopic (exact) mass is 269 g/mol. The van der Waals surface area contributed by atoms with Crippen molar-refractivity contribution in [3.8, 4) is 11.1 Å². The number of nitrogens with zero attached hydrogens (tertiary/aromatic N) is 3. The van der Waals surface area contributed by atoms with Crippen molar-refractivity contribution in [1.82, 2.24) is 10.2 Å². The number of hydrogen-bond acceptors (Lipinski definition) is 4. The van der Waals surface area contributed by atoms with Gasteiger partial charge >= 0.3 is 0 Å². The van der Waals surface area contributed by atoms with Gasteiger partial charge in [0.15, 0.2) is 10.3 Å². The van der Waals surface area contributed by atoms with Crippen LogP contribution >= 0.6 is 23.2 Å². The van der Waals surface area contributed by atoms with Gasteiger partial charge in [0.05, 0.1) is 4.92 Å². The van der Waals surface area contributed by atoms with Crippen LogP contribution in [0.2, 0.25) is 10.3 Å². The second kappa shape index (κ2) is 4.65. The van der Waals surface area contributed by atoms with E-state index in [-0.39, 0.29) is 16.0 Å². The van der Waals surface area contributed by atoms with Crippen molar-refractivity contribution in [2.75, 3.05) is 0 Å². The van der Waals surface area contributed by atoms with Gasteiger partial charge in [-0.05, 0) is 11.6 Å². The zero-order valence-electron chi connectivity index (χ0n) is 8.30. The van der Waals surface area contributed by atoms with Crippen LogP contribution in [0.3, 0.4) is 0 Å². The average Bonchev–Trinajstić information content (AvgIpc) is 2.32. The highest BCUT2D eigenvalue weighted by Crippen LogP contribution is 2.29. The molecule has 0 saturated heterocycles. The van der Waals surface area contributed by atoms with E-state index in [9.17, 15) is 10.1 Å². The van der Waals surface area contributed by atoms with Gasteiger partial charge in [0.1, 0.15) is 0 Å². The molecule has 0 amide bonds. The first kappa shape index (κ1) is 11.8. The molecule has 7 heteroatoms. The zero-order valence-corrected chi connectivity index (χ0v) is 9.81. The molecule has 0 aliphatic heterocycles. The second-order valence-corrected chi connectivity index (χ2v) is 3.92. The van der Waals surface area contributed by atoms with E-state index in [0.717, 1.165) is 0 Å². The molecule has 2 rings (SSSR count). The maximum atomic E-state index is 10.7. The van der Waals surface area contributed by atoms with Crippen LogP contribution in [0.1, 0.15) is 0 Å². The summed E-state index contributed by atoms with van der Waals surface area (Å²) in [7, 11) is 0. The van der Waals surface area contributed by atoms with E-state index in [0.29, 0.717) is 11.1 Å². The quantitative estimate of drug-likeness (QED) is 0.619. The predicted octanol–water partition coefficient (Wildman–Crippen LogP) is 3.36. The topological polar surface area (TPSA) is 68.9 Å². The van der Waals surface area contributed by atoms with Gasteiger partial charge in [0.25, 0.3) is 5.69 Å². The van der Waals surface area contributed by atoms with Crippen LogP contribution in [0, 0.1) is 10.1 Å². The average molecular weight is 270 g/mol. The molecule has 17 heavy (non-hydrogen) atoms. The van der Waals surface area contributed by atoms with Crippen LogP contribution in [-0.2, 0) is 0 Å². The van der Waals surface area contributed by atoms with E-state index in [1.54, 1.807) is 12.1 Å². The molecular weight excluding hydrogens is 265 g/mol. The smallest absolute Gasteiger partial charge is 0.258 e. The summed E-state index contributed by atoms with van der Waals surface area (Å²) in [6.45, 7) is 0. The summed E-state index contributed by atoms with van der Waals surface area (Å²) in [6.07, 6.45) is 0. The largest absolute Gasteiger partial charge is 0.270 e. The highest BCUT2D eigenvalue weighted by atomic mass is 35.5. The number of hydrogen-bond donors (Lipinski definition) is 0. The molecule has 2 aromatic rings. The molecular formula is C10H5Cl2N3O2. The van der Waals surface area contributed by atoms with Gasteiger partial charge in [-0.15, -0.1) is 10.2 Å². The summed E-state index contributed by atoms with van der Waals surface area (Å²) in [5.74, 6) is 0. The molecule has 86 valence electrons. The molecule has 1 aromatic heterocycles. The van der Waals surface area contributed by atoms with Gasteiger partial charge in [0.2, 0.25) is 0 Å². The maximum absolute atomic E-state index is 10.7. The lowest BCUT2D eigenvalue weighted by Gasteiger charge is -2.03. The summed E-state index contributed by atoms with van der Waals surface area (Å²) >= 11 is 11.6. The fourth-order valence-corrected chi connectivity index (χ4v) is 1.69. The highest BCUT2D eigenvalue weighted by molar-refractivity contribution is 6.33. The summed E-state index contributed by atoms with van der Waals surface area (Å²) in [6, 6.07) is 7.56. The Morgan fingerprint density at radius 2 is 1.94 bits per heavy atom. The molecule has 0 saturated carbocycles. The zero-order chi connectivity index (χ0) is 12.4. The lowest BCUT2D eigenvalue weighted by molar-refractivity contribution is -0.384. The summed E-state index contributed by atoms with van der Waals surface area (Å²) in [5.41, 5.74) is 1.06. The van der Waals surface area contributed by atoms with Crippen LogP contribution in [0.5, 0.6) is 0 Å². The van der Waals surface area contributed by atoms with Gasteiger partial charge in [-0.3, -0.25) is 10.1 Å². The number of nitro benzene ring substituents is 1. The molecule has 0 aliphatic rings. The van der Waals surface area contributed by atoms with Gasteiger partial charge in [-0.2, -0.15) is 0 Å². The van der Waals surface area contributed by atoms with E-state index in [1.165, 1.54) is 18.2 Å². The van der Waals surface area contributed by atoms with Crippen molar-refractivity contribution in [2.45, 2.75) is 0 Å². The fraction of sp³-hybridized carbons (Fsp3) is 0. The minimum Gasteiger partial charge on any atom is -0.258 e. The third kappa shape index (κ3) is 2.51. The molecule has 0 spiro atoms. The third-order valence-electron chi connectivity index (χ3n) is 2.09. The van der Waals surface area contributed by atoms with E-state index in [1.807, 2.05) is 0 Å². The van der Waals surface area contributed by atoms with Crippen molar-refractivity contribution in [3.63, 3.8) is 0 Å². The van der Waals surface area contributed by atoms with Gasteiger partial charge < -0.3 is 0 Å². The van der Waals surface area contributed by atoms with Crippen molar-refractivity contribution in [2.24, 2.45) is 0 Å². The second-order valence-electron chi connectivity index (χ2n) is 3.18. The Morgan fingerprint density at radius 3 is 2.65 bits per heavy atom.